The summed E-state index contributed by atoms with van der Waals surface area (Å²) in [6, 6.07) is 5.61. The van der Waals surface area contributed by atoms with Crippen molar-refractivity contribution in [1.82, 2.24) is 10.3 Å². The monoisotopic (exact) mass is 390 g/mol. The first kappa shape index (κ1) is 19.9. The van der Waals surface area contributed by atoms with Crippen molar-refractivity contribution < 1.29 is 14.6 Å². The minimum absolute atomic E-state index is 0.124. The summed E-state index contributed by atoms with van der Waals surface area (Å²) in [6.07, 6.45) is 5.15. The van der Waals surface area contributed by atoms with Crippen LogP contribution in [-0.2, 0) is 0 Å². The lowest BCUT2D eigenvalue weighted by atomic mass is 9.77. The summed E-state index contributed by atoms with van der Waals surface area (Å²) in [5, 5.41) is 14.5. The molecule has 6 heteroatoms. The van der Waals surface area contributed by atoms with E-state index in [9.17, 15) is 9.90 Å². The number of aliphatic hydroxyl groups is 1. The molecule has 0 aliphatic heterocycles. The molecule has 2 N–H and O–H groups in total. The lowest BCUT2D eigenvalue weighted by Crippen LogP contribution is -2.41. The van der Waals surface area contributed by atoms with Crippen molar-refractivity contribution in [2.24, 2.45) is 5.92 Å². The Hall–Kier alpha value is -1.85. The number of rotatable bonds is 5. The number of halogens is 1. The van der Waals surface area contributed by atoms with Gasteiger partial charge in [-0.3, -0.25) is 9.78 Å². The van der Waals surface area contributed by atoms with Crippen LogP contribution < -0.4 is 10.1 Å². The van der Waals surface area contributed by atoms with Crippen LogP contribution in [0, 0.1) is 5.92 Å². The van der Waals surface area contributed by atoms with Crippen LogP contribution in [0.4, 0.5) is 0 Å². The third kappa shape index (κ3) is 4.53. The second-order valence-corrected chi connectivity index (χ2v) is 8.16. The topological polar surface area (TPSA) is 71.5 Å². The van der Waals surface area contributed by atoms with Gasteiger partial charge < -0.3 is 15.2 Å². The fourth-order valence-corrected chi connectivity index (χ4v) is 4.03. The van der Waals surface area contributed by atoms with E-state index in [1.165, 1.54) is 0 Å². The molecule has 0 atom stereocenters. The largest absolute Gasteiger partial charge is 0.492 e. The maximum absolute atomic E-state index is 12.6. The molecule has 1 heterocycles. The van der Waals surface area contributed by atoms with E-state index < -0.39 is 5.60 Å². The molecular weight excluding hydrogens is 364 g/mol. The summed E-state index contributed by atoms with van der Waals surface area (Å²) in [6.45, 7) is 6.15. The molecule has 146 valence electrons. The lowest BCUT2D eigenvalue weighted by molar-refractivity contribution is -0.00257. The van der Waals surface area contributed by atoms with Crippen molar-refractivity contribution >= 4 is 28.4 Å². The molecule has 5 nitrogen and oxygen atoms in total. The Kier molecular flexibility index (Phi) is 5.92. The van der Waals surface area contributed by atoms with Crippen LogP contribution in [-0.4, -0.2) is 34.2 Å². The zero-order valence-corrected chi connectivity index (χ0v) is 16.8. The van der Waals surface area contributed by atoms with Gasteiger partial charge in [-0.25, -0.2) is 0 Å². The summed E-state index contributed by atoms with van der Waals surface area (Å²) in [7, 11) is 0. The highest BCUT2D eigenvalue weighted by Gasteiger charge is 2.31. The Morgan fingerprint density at radius 3 is 2.67 bits per heavy atom. The summed E-state index contributed by atoms with van der Waals surface area (Å²) < 4.78 is 5.49. The van der Waals surface area contributed by atoms with Gasteiger partial charge in [-0.2, -0.15) is 0 Å². The number of aromatic nitrogens is 1. The van der Waals surface area contributed by atoms with E-state index in [4.69, 9.17) is 16.3 Å². The van der Waals surface area contributed by atoms with Gasteiger partial charge in [0.25, 0.3) is 5.91 Å². The number of ether oxygens (including phenoxy) is 1. The van der Waals surface area contributed by atoms with Crippen molar-refractivity contribution in [3.8, 4) is 5.75 Å². The Bertz CT molecular complexity index is 824. The van der Waals surface area contributed by atoms with Gasteiger partial charge >= 0.3 is 0 Å². The maximum Gasteiger partial charge on any atom is 0.253 e. The van der Waals surface area contributed by atoms with Crippen molar-refractivity contribution in [3.63, 3.8) is 0 Å². The van der Waals surface area contributed by atoms with Crippen LogP contribution in [0.1, 0.15) is 56.8 Å². The number of benzene rings is 1. The average molecular weight is 391 g/mol. The first-order valence-electron chi connectivity index (χ1n) is 9.54. The van der Waals surface area contributed by atoms with E-state index in [0.717, 1.165) is 31.1 Å². The van der Waals surface area contributed by atoms with E-state index in [-0.39, 0.29) is 17.9 Å². The summed E-state index contributed by atoms with van der Waals surface area (Å²) in [5.41, 5.74) is 0.494. The van der Waals surface area contributed by atoms with Crippen molar-refractivity contribution in [1.29, 1.82) is 0 Å². The predicted molar refractivity (Wildman–Crippen MR) is 107 cm³/mol. The molecule has 1 aromatic carbocycles. The minimum Gasteiger partial charge on any atom is -0.492 e. The van der Waals surface area contributed by atoms with E-state index in [0.29, 0.717) is 28.5 Å². The fourth-order valence-electron chi connectivity index (χ4n) is 3.75. The number of pyridine rings is 1. The van der Waals surface area contributed by atoms with Gasteiger partial charge in [0.1, 0.15) is 10.8 Å². The first-order valence-corrected chi connectivity index (χ1v) is 9.91. The Balaban J connectivity index is 1.69. The molecule has 1 aromatic heterocycles. The number of fused-ring (bicyclic) bond motifs is 1. The van der Waals surface area contributed by atoms with Crippen LogP contribution in [0.2, 0.25) is 5.02 Å². The molecule has 1 aliphatic carbocycles. The van der Waals surface area contributed by atoms with Gasteiger partial charge in [0.2, 0.25) is 0 Å². The average Bonchev–Trinajstić information content (AvgIpc) is 2.63. The van der Waals surface area contributed by atoms with Gasteiger partial charge in [-0.1, -0.05) is 11.6 Å². The van der Waals surface area contributed by atoms with Crippen LogP contribution >= 0.6 is 11.6 Å². The van der Waals surface area contributed by atoms with E-state index >= 15 is 0 Å². The molecule has 0 unspecified atom stereocenters. The molecule has 2 aromatic rings. The number of carbonyl (C=O) groups excluding carboxylic acids is 1. The highest BCUT2D eigenvalue weighted by Crippen LogP contribution is 2.33. The number of amides is 1. The van der Waals surface area contributed by atoms with Crippen LogP contribution in [0.15, 0.2) is 24.4 Å². The lowest BCUT2D eigenvalue weighted by Gasteiger charge is -2.36. The van der Waals surface area contributed by atoms with Gasteiger partial charge in [-0.15, -0.1) is 0 Å². The molecular formula is C21H27ClN2O3. The second-order valence-electron chi connectivity index (χ2n) is 7.78. The third-order valence-corrected chi connectivity index (χ3v) is 5.74. The number of nitrogens with one attached hydrogen (secondary N) is 1. The van der Waals surface area contributed by atoms with E-state index in [1.54, 1.807) is 12.3 Å². The van der Waals surface area contributed by atoms with Gasteiger partial charge in [0.15, 0.2) is 0 Å². The van der Waals surface area contributed by atoms with E-state index in [1.807, 2.05) is 32.9 Å². The molecule has 0 bridgehead atoms. The number of hydrogen-bond donors (Lipinski definition) is 2. The van der Waals surface area contributed by atoms with E-state index in [2.05, 4.69) is 10.3 Å². The smallest absolute Gasteiger partial charge is 0.253 e. The van der Waals surface area contributed by atoms with Crippen LogP contribution in [0.3, 0.4) is 0 Å². The highest BCUT2D eigenvalue weighted by molar-refractivity contribution is 6.36. The van der Waals surface area contributed by atoms with Gasteiger partial charge in [-0.05, 0) is 70.6 Å². The summed E-state index contributed by atoms with van der Waals surface area (Å²) in [5.74, 6) is 0.760. The zero-order valence-electron chi connectivity index (χ0n) is 16.1. The summed E-state index contributed by atoms with van der Waals surface area (Å²) >= 11 is 6.35. The molecule has 0 saturated heterocycles. The molecule has 27 heavy (non-hydrogen) atoms. The zero-order chi connectivity index (χ0) is 19.6. The predicted octanol–water partition coefficient (Wildman–Crippen LogP) is 4.35. The van der Waals surface area contributed by atoms with Gasteiger partial charge in [0.05, 0.1) is 23.3 Å². The quantitative estimate of drug-likeness (QED) is 0.796. The van der Waals surface area contributed by atoms with Crippen molar-refractivity contribution in [2.75, 3.05) is 6.61 Å². The molecule has 3 rings (SSSR count). The number of nitrogens with zero attached hydrogens (tertiary/aromatic N) is 1. The molecule has 1 saturated carbocycles. The molecule has 0 radical (unpaired) electrons. The Morgan fingerprint density at radius 2 is 2.04 bits per heavy atom. The molecule has 0 spiro atoms. The Morgan fingerprint density at radius 1 is 1.33 bits per heavy atom. The second kappa shape index (κ2) is 8.03. The SMILES string of the molecule is CCOc1ccc2cc(C(=O)N[C@H]3CC[C@H](C(C)(C)O)CC3)cnc2c1Cl. The molecule has 1 aliphatic rings. The first-order chi connectivity index (χ1) is 12.8. The standard InChI is InChI=1S/C21H27ClN2O3/c1-4-27-17-10-5-13-11-14(12-23-19(13)18(17)22)20(25)24-16-8-6-15(7-9-16)21(2,3)26/h5,10-12,15-16,26H,4,6-9H2,1-3H3,(H,24,25)/t15-,16-. The normalized spacial score (nSPS) is 20.5. The minimum atomic E-state index is -0.656. The van der Waals surface area contributed by atoms with Crippen LogP contribution in [0.25, 0.3) is 10.9 Å². The third-order valence-electron chi connectivity index (χ3n) is 5.38. The number of carbonyl (C=O) groups is 1. The maximum atomic E-state index is 12.6. The van der Waals surface area contributed by atoms with Crippen LogP contribution in [0.5, 0.6) is 5.75 Å². The Labute approximate surface area is 165 Å². The fraction of sp³-hybridized carbons (Fsp3) is 0.524. The summed E-state index contributed by atoms with van der Waals surface area (Å²) in [4.78, 5) is 17.0. The van der Waals surface area contributed by atoms with Crippen molar-refractivity contribution in [3.05, 3.63) is 35.0 Å². The van der Waals surface area contributed by atoms with Gasteiger partial charge in [0, 0.05) is 17.6 Å². The molecule has 1 fully saturated rings. The number of hydrogen-bond acceptors (Lipinski definition) is 4. The van der Waals surface area contributed by atoms with Crippen molar-refractivity contribution in [2.45, 2.75) is 58.1 Å². The highest BCUT2D eigenvalue weighted by atomic mass is 35.5. The molecule has 1 amide bonds.